The summed E-state index contributed by atoms with van der Waals surface area (Å²) in [5, 5.41) is 3.57. The fourth-order valence-electron chi connectivity index (χ4n) is 6.31. The highest BCUT2D eigenvalue weighted by Crippen LogP contribution is 2.61. The highest BCUT2D eigenvalue weighted by atomic mass is 16.1. The molecular weight excluding hydrogens is 326 g/mol. The summed E-state index contributed by atoms with van der Waals surface area (Å²) in [6, 6.07) is 7.28. The van der Waals surface area contributed by atoms with E-state index in [9.17, 15) is 9.59 Å². The lowest BCUT2D eigenvalue weighted by molar-refractivity contribution is -0.129. The Kier molecular flexibility index (Phi) is 3.66. The van der Waals surface area contributed by atoms with Crippen LogP contribution in [0.3, 0.4) is 0 Å². The summed E-state index contributed by atoms with van der Waals surface area (Å²) in [6.07, 6.45) is 8.51. The molecule has 26 heavy (non-hydrogen) atoms. The number of amides is 1. The molecular formula is C21H25N3O2. The number of fused-ring (bicyclic) bond motifs is 1. The van der Waals surface area contributed by atoms with Gasteiger partial charge in [0.15, 0.2) is 0 Å². The summed E-state index contributed by atoms with van der Waals surface area (Å²) in [4.78, 5) is 32.0. The van der Waals surface area contributed by atoms with Crippen LogP contribution in [0.2, 0.25) is 0 Å². The Morgan fingerprint density at radius 3 is 2.46 bits per heavy atom. The fourth-order valence-corrected chi connectivity index (χ4v) is 6.31. The molecule has 5 nitrogen and oxygen atoms in total. The molecule has 4 aliphatic carbocycles. The van der Waals surface area contributed by atoms with Crippen molar-refractivity contribution in [2.45, 2.75) is 51.5 Å². The number of benzene rings is 1. The van der Waals surface area contributed by atoms with Crippen molar-refractivity contribution in [1.29, 1.82) is 0 Å². The average molecular weight is 351 g/mol. The van der Waals surface area contributed by atoms with Gasteiger partial charge < -0.3 is 10.3 Å². The van der Waals surface area contributed by atoms with Crippen LogP contribution in [0.5, 0.6) is 0 Å². The quantitative estimate of drug-likeness (QED) is 0.888. The third-order valence-corrected chi connectivity index (χ3v) is 6.82. The lowest BCUT2D eigenvalue weighted by Crippen LogP contribution is -2.48. The zero-order valence-corrected chi connectivity index (χ0v) is 15.0. The summed E-state index contributed by atoms with van der Waals surface area (Å²) in [5.74, 6) is 3.18. The lowest BCUT2D eigenvalue weighted by atomic mass is 9.49. The Hall–Kier alpha value is -2.17. The van der Waals surface area contributed by atoms with Gasteiger partial charge in [0, 0.05) is 6.42 Å². The van der Waals surface area contributed by atoms with Crippen molar-refractivity contribution in [3.05, 3.63) is 40.4 Å². The Morgan fingerprint density at radius 1 is 1.12 bits per heavy atom. The van der Waals surface area contributed by atoms with Crippen LogP contribution in [-0.4, -0.2) is 15.9 Å². The van der Waals surface area contributed by atoms with E-state index in [1.165, 1.54) is 38.5 Å². The number of hydrogen-bond acceptors (Lipinski definition) is 3. The maximum absolute atomic E-state index is 12.6. The minimum absolute atomic E-state index is 0.0998. The largest absolute Gasteiger partial charge is 0.349 e. The molecule has 0 spiro atoms. The first-order valence-electron chi connectivity index (χ1n) is 9.83. The molecule has 1 heterocycles. The molecule has 4 saturated carbocycles. The number of para-hydroxylation sites is 1. The van der Waals surface area contributed by atoms with Gasteiger partial charge in [0.25, 0.3) is 5.56 Å². The smallest absolute Gasteiger partial charge is 0.258 e. The second-order valence-electron chi connectivity index (χ2n) is 8.90. The minimum atomic E-state index is -0.152. The summed E-state index contributed by atoms with van der Waals surface area (Å²) in [6.45, 7) is 0.283. The molecule has 0 radical (unpaired) electrons. The van der Waals surface area contributed by atoms with E-state index in [2.05, 4.69) is 15.3 Å². The Bertz CT molecular complexity index is 882. The van der Waals surface area contributed by atoms with Gasteiger partial charge >= 0.3 is 0 Å². The van der Waals surface area contributed by atoms with Crippen LogP contribution in [0.4, 0.5) is 0 Å². The maximum Gasteiger partial charge on any atom is 0.258 e. The molecule has 0 unspecified atom stereocenters. The van der Waals surface area contributed by atoms with E-state index in [4.69, 9.17) is 0 Å². The predicted octanol–water partition coefficient (Wildman–Crippen LogP) is 3.15. The van der Waals surface area contributed by atoms with Crippen LogP contribution in [0, 0.1) is 23.2 Å². The predicted molar refractivity (Wildman–Crippen MR) is 99.4 cm³/mol. The Morgan fingerprint density at radius 2 is 1.77 bits per heavy atom. The molecule has 6 rings (SSSR count). The van der Waals surface area contributed by atoms with Crippen molar-refractivity contribution < 1.29 is 4.79 Å². The highest BCUT2D eigenvalue weighted by molar-refractivity contribution is 5.78. The number of rotatable bonds is 4. The summed E-state index contributed by atoms with van der Waals surface area (Å²) in [5.41, 5.74) is 0.755. The molecule has 2 aromatic rings. The normalized spacial score (nSPS) is 32.1. The Balaban J connectivity index is 1.26. The number of carbonyl (C=O) groups is 1. The number of H-pyrrole nitrogens is 1. The van der Waals surface area contributed by atoms with E-state index in [0.717, 1.165) is 17.8 Å². The van der Waals surface area contributed by atoms with Gasteiger partial charge in [-0.05, 0) is 73.8 Å². The highest BCUT2D eigenvalue weighted by Gasteiger charge is 2.51. The average Bonchev–Trinajstić information content (AvgIpc) is 2.58. The second kappa shape index (κ2) is 5.93. The van der Waals surface area contributed by atoms with Crippen LogP contribution in [0.25, 0.3) is 10.9 Å². The van der Waals surface area contributed by atoms with Crippen molar-refractivity contribution in [1.82, 2.24) is 15.3 Å². The first kappa shape index (κ1) is 16.0. The van der Waals surface area contributed by atoms with Crippen LogP contribution in [0.15, 0.2) is 29.1 Å². The number of carbonyl (C=O) groups excluding carboxylic acids is 1. The second-order valence-corrected chi connectivity index (χ2v) is 8.90. The first-order chi connectivity index (χ1) is 12.6. The first-order valence-corrected chi connectivity index (χ1v) is 9.83. The van der Waals surface area contributed by atoms with Gasteiger partial charge in [0.2, 0.25) is 5.91 Å². The molecule has 4 aliphatic rings. The van der Waals surface area contributed by atoms with E-state index >= 15 is 0 Å². The molecule has 4 bridgehead atoms. The standard InChI is InChI=1S/C21H25N3O2/c25-19(11-21-8-13-5-14(9-21)7-15(6-13)10-21)22-12-18-23-17-4-2-1-3-16(17)20(26)24-18/h1-4,13-15H,5-12H2,(H,22,25)(H,23,24,26). The zero-order valence-electron chi connectivity index (χ0n) is 15.0. The van der Waals surface area contributed by atoms with E-state index in [-0.39, 0.29) is 23.4 Å². The molecule has 0 aliphatic heterocycles. The van der Waals surface area contributed by atoms with E-state index in [1.807, 2.05) is 18.2 Å². The van der Waals surface area contributed by atoms with E-state index in [1.54, 1.807) is 6.07 Å². The lowest BCUT2D eigenvalue weighted by Gasteiger charge is -2.56. The number of hydrogen-bond donors (Lipinski definition) is 2. The Labute approximate surface area is 152 Å². The molecule has 1 aromatic carbocycles. The van der Waals surface area contributed by atoms with Gasteiger partial charge in [-0.2, -0.15) is 0 Å². The molecule has 0 atom stereocenters. The van der Waals surface area contributed by atoms with Crippen molar-refractivity contribution in [3.8, 4) is 0 Å². The fraction of sp³-hybridized carbons (Fsp3) is 0.571. The monoisotopic (exact) mass is 351 g/mol. The summed E-state index contributed by atoms with van der Waals surface area (Å²) < 4.78 is 0. The summed E-state index contributed by atoms with van der Waals surface area (Å²) >= 11 is 0. The topological polar surface area (TPSA) is 74.8 Å². The molecule has 5 heteroatoms. The SMILES string of the molecule is O=C(CC12CC3CC(CC(C3)C1)C2)NCc1nc2ccccc2c(=O)[nH]1. The van der Waals surface area contributed by atoms with Crippen molar-refractivity contribution in [2.24, 2.45) is 23.2 Å². The number of aromatic nitrogens is 2. The molecule has 1 amide bonds. The van der Waals surface area contributed by atoms with E-state index < -0.39 is 0 Å². The zero-order chi connectivity index (χ0) is 17.7. The maximum atomic E-state index is 12.6. The molecule has 136 valence electrons. The van der Waals surface area contributed by atoms with Gasteiger partial charge in [0.1, 0.15) is 5.82 Å². The van der Waals surface area contributed by atoms with Crippen LogP contribution < -0.4 is 10.9 Å². The van der Waals surface area contributed by atoms with Crippen LogP contribution in [0.1, 0.15) is 50.8 Å². The van der Waals surface area contributed by atoms with Gasteiger partial charge in [0.05, 0.1) is 17.4 Å². The number of nitrogens with one attached hydrogen (secondary N) is 2. The van der Waals surface area contributed by atoms with Crippen molar-refractivity contribution in [2.75, 3.05) is 0 Å². The number of nitrogens with zero attached hydrogens (tertiary/aromatic N) is 1. The third-order valence-electron chi connectivity index (χ3n) is 6.82. The van der Waals surface area contributed by atoms with Gasteiger partial charge in [-0.1, -0.05) is 12.1 Å². The number of aromatic amines is 1. The molecule has 1 aromatic heterocycles. The van der Waals surface area contributed by atoms with Gasteiger partial charge in [-0.15, -0.1) is 0 Å². The minimum Gasteiger partial charge on any atom is -0.349 e. The molecule has 4 fully saturated rings. The van der Waals surface area contributed by atoms with Gasteiger partial charge in [-0.25, -0.2) is 4.98 Å². The van der Waals surface area contributed by atoms with Crippen molar-refractivity contribution in [3.63, 3.8) is 0 Å². The van der Waals surface area contributed by atoms with Crippen molar-refractivity contribution >= 4 is 16.8 Å². The third kappa shape index (κ3) is 2.83. The van der Waals surface area contributed by atoms with E-state index in [0.29, 0.717) is 23.1 Å². The molecule has 0 saturated heterocycles. The van der Waals surface area contributed by atoms with Crippen LogP contribution >= 0.6 is 0 Å². The van der Waals surface area contributed by atoms with Gasteiger partial charge in [-0.3, -0.25) is 9.59 Å². The molecule has 2 N–H and O–H groups in total. The van der Waals surface area contributed by atoms with Crippen LogP contribution in [-0.2, 0) is 11.3 Å². The summed E-state index contributed by atoms with van der Waals surface area (Å²) in [7, 11) is 0.